The molecule has 0 radical (unpaired) electrons. The maximum atomic E-state index is 13.6. The van der Waals surface area contributed by atoms with Crippen molar-refractivity contribution in [2.75, 3.05) is 12.0 Å². The van der Waals surface area contributed by atoms with Crippen molar-refractivity contribution in [2.24, 2.45) is 0 Å². The molecule has 7 heteroatoms. The van der Waals surface area contributed by atoms with Gasteiger partial charge in [-0.15, -0.1) is 11.8 Å². The third-order valence-electron chi connectivity index (χ3n) is 4.81. The van der Waals surface area contributed by atoms with Crippen molar-refractivity contribution in [2.45, 2.75) is 5.75 Å². The van der Waals surface area contributed by atoms with E-state index in [1.165, 1.54) is 23.9 Å². The molecule has 3 aromatic rings. The highest BCUT2D eigenvalue weighted by Gasteiger charge is 2.40. The first-order valence-corrected chi connectivity index (χ1v) is 10.7. The lowest BCUT2D eigenvalue weighted by Gasteiger charge is -2.15. The number of nitrogens with zero attached hydrogens (tertiary/aromatic N) is 1. The summed E-state index contributed by atoms with van der Waals surface area (Å²) in [4.78, 5) is 28.0. The first-order valence-electron chi connectivity index (χ1n) is 9.39. The van der Waals surface area contributed by atoms with Crippen molar-refractivity contribution in [3.63, 3.8) is 0 Å². The molecule has 0 aromatic heterocycles. The number of amides is 2. The fourth-order valence-corrected chi connectivity index (χ4v) is 4.49. The highest BCUT2D eigenvalue weighted by atomic mass is 35.5. The fraction of sp³-hybridized carbons (Fsp3) is 0.0833. The Balaban J connectivity index is 1.75. The lowest BCUT2D eigenvalue weighted by atomic mass is 10.1. The van der Waals surface area contributed by atoms with Gasteiger partial charge in [0.25, 0.3) is 11.8 Å². The number of carbonyl (C=O) groups excluding carboxylic acids is 2. The van der Waals surface area contributed by atoms with E-state index >= 15 is 0 Å². The van der Waals surface area contributed by atoms with Gasteiger partial charge in [-0.05, 0) is 41.5 Å². The molecule has 0 saturated carbocycles. The van der Waals surface area contributed by atoms with Crippen LogP contribution in [0.3, 0.4) is 0 Å². The van der Waals surface area contributed by atoms with Gasteiger partial charge in [-0.2, -0.15) is 0 Å². The highest BCUT2D eigenvalue weighted by molar-refractivity contribution is 8.03. The summed E-state index contributed by atoms with van der Waals surface area (Å²) in [7, 11) is 1.56. The van der Waals surface area contributed by atoms with Crippen molar-refractivity contribution >= 4 is 46.4 Å². The van der Waals surface area contributed by atoms with Crippen LogP contribution in [0.4, 0.5) is 10.1 Å². The van der Waals surface area contributed by atoms with Gasteiger partial charge in [0.15, 0.2) is 0 Å². The molecule has 1 heterocycles. The van der Waals surface area contributed by atoms with Gasteiger partial charge in [0, 0.05) is 5.75 Å². The van der Waals surface area contributed by atoms with Crippen LogP contribution >= 0.6 is 23.4 Å². The zero-order valence-electron chi connectivity index (χ0n) is 16.5. The van der Waals surface area contributed by atoms with Gasteiger partial charge in [0.05, 0.1) is 28.3 Å². The molecule has 0 spiro atoms. The second-order valence-electron chi connectivity index (χ2n) is 6.75. The topological polar surface area (TPSA) is 46.6 Å². The Morgan fingerprint density at radius 1 is 0.968 bits per heavy atom. The molecule has 4 nitrogen and oxygen atoms in total. The summed E-state index contributed by atoms with van der Waals surface area (Å²) < 4.78 is 18.8. The fourth-order valence-electron chi connectivity index (χ4n) is 3.24. The van der Waals surface area contributed by atoms with Crippen LogP contribution in [0.25, 0.3) is 5.57 Å². The van der Waals surface area contributed by atoms with E-state index in [0.29, 0.717) is 27.5 Å². The van der Waals surface area contributed by atoms with Crippen molar-refractivity contribution in [3.8, 4) is 5.75 Å². The van der Waals surface area contributed by atoms with Crippen LogP contribution in [-0.4, -0.2) is 18.9 Å². The Morgan fingerprint density at radius 3 is 2.32 bits per heavy atom. The minimum absolute atomic E-state index is 0.158. The predicted molar refractivity (Wildman–Crippen MR) is 122 cm³/mol. The Bertz CT molecular complexity index is 1180. The van der Waals surface area contributed by atoms with Gasteiger partial charge in [-0.25, -0.2) is 9.29 Å². The maximum absolute atomic E-state index is 13.6. The van der Waals surface area contributed by atoms with E-state index in [9.17, 15) is 14.0 Å². The molecule has 0 saturated heterocycles. The van der Waals surface area contributed by atoms with E-state index < -0.39 is 17.6 Å². The number of carbonyl (C=O) groups is 2. The Morgan fingerprint density at radius 2 is 1.68 bits per heavy atom. The maximum Gasteiger partial charge on any atom is 0.272 e. The summed E-state index contributed by atoms with van der Waals surface area (Å²) in [5.41, 5.74) is 2.15. The minimum Gasteiger partial charge on any atom is -0.497 e. The average Bonchev–Trinajstić information content (AvgIpc) is 3.04. The molecule has 0 aliphatic carbocycles. The van der Waals surface area contributed by atoms with Crippen molar-refractivity contribution < 1.29 is 18.7 Å². The molecule has 0 atom stereocenters. The molecule has 1 aliphatic heterocycles. The van der Waals surface area contributed by atoms with Crippen LogP contribution in [0.1, 0.15) is 11.1 Å². The van der Waals surface area contributed by atoms with E-state index in [4.69, 9.17) is 16.3 Å². The summed E-state index contributed by atoms with van der Waals surface area (Å²) in [6.07, 6.45) is 0. The van der Waals surface area contributed by atoms with Gasteiger partial charge in [-0.1, -0.05) is 54.1 Å². The molecule has 0 fully saturated rings. The van der Waals surface area contributed by atoms with E-state index in [1.807, 2.05) is 30.3 Å². The number of ether oxygens (including phenoxy) is 1. The highest BCUT2D eigenvalue weighted by Crippen LogP contribution is 2.40. The number of imide groups is 1. The molecule has 1 aliphatic rings. The smallest absolute Gasteiger partial charge is 0.272 e. The lowest BCUT2D eigenvalue weighted by Crippen LogP contribution is -2.31. The van der Waals surface area contributed by atoms with Crippen molar-refractivity contribution in [1.29, 1.82) is 0 Å². The molecule has 156 valence electrons. The summed E-state index contributed by atoms with van der Waals surface area (Å²) in [5, 5.41) is -0.158. The van der Waals surface area contributed by atoms with Crippen LogP contribution < -0.4 is 9.64 Å². The predicted octanol–water partition coefficient (Wildman–Crippen LogP) is 5.71. The number of hydrogen-bond acceptors (Lipinski definition) is 4. The molecule has 31 heavy (non-hydrogen) atoms. The Labute approximate surface area is 188 Å². The van der Waals surface area contributed by atoms with Crippen LogP contribution in [0, 0.1) is 5.82 Å². The zero-order chi connectivity index (χ0) is 22.0. The van der Waals surface area contributed by atoms with E-state index in [2.05, 4.69) is 0 Å². The lowest BCUT2D eigenvalue weighted by molar-refractivity contribution is -0.119. The number of halogens is 2. The van der Waals surface area contributed by atoms with E-state index in [-0.39, 0.29) is 10.7 Å². The number of hydrogen-bond donors (Lipinski definition) is 0. The van der Waals surface area contributed by atoms with Crippen LogP contribution in [0.15, 0.2) is 77.7 Å². The second kappa shape index (κ2) is 8.96. The summed E-state index contributed by atoms with van der Waals surface area (Å²) in [6.45, 7) is 0. The number of rotatable bonds is 6. The monoisotopic (exact) mass is 453 g/mol. The van der Waals surface area contributed by atoms with Gasteiger partial charge in [0.1, 0.15) is 11.6 Å². The summed E-state index contributed by atoms with van der Waals surface area (Å²) in [6, 6.07) is 20.4. The molecule has 0 unspecified atom stereocenters. The molecular weight excluding hydrogens is 437 g/mol. The van der Waals surface area contributed by atoms with Crippen LogP contribution in [0.5, 0.6) is 5.75 Å². The third-order valence-corrected chi connectivity index (χ3v) is 6.24. The average molecular weight is 454 g/mol. The molecule has 2 amide bonds. The normalized spacial score (nSPS) is 13.8. The molecule has 0 bridgehead atoms. The second-order valence-corrected chi connectivity index (χ2v) is 8.14. The standard InChI is InChI=1S/C24H17ClFNO3S/c1-30-18-10-7-16(8-11-18)21-22(31-14-15-5-3-2-4-6-15)24(29)27(23(21)28)17-9-12-20(26)19(25)13-17/h2-13H,14H2,1H3. The quantitative estimate of drug-likeness (QED) is 0.449. The summed E-state index contributed by atoms with van der Waals surface area (Å²) >= 11 is 7.19. The van der Waals surface area contributed by atoms with E-state index in [0.717, 1.165) is 16.5 Å². The van der Waals surface area contributed by atoms with Gasteiger partial charge < -0.3 is 4.74 Å². The zero-order valence-corrected chi connectivity index (χ0v) is 18.0. The number of benzene rings is 3. The first kappa shape index (κ1) is 21.2. The molecule has 4 rings (SSSR count). The van der Waals surface area contributed by atoms with Gasteiger partial charge >= 0.3 is 0 Å². The summed E-state index contributed by atoms with van der Waals surface area (Å²) in [5.74, 6) is -0.395. The van der Waals surface area contributed by atoms with Gasteiger partial charge in [0.2, 0.25) is 0 Å². The number of methoxy groups -OCH3 is 1. The largest absolute Gasteiger partial charge is 0.497 e. The minimum atomic E-state index is -0.619. The number of anilines is 1. The van der Waals surface area contributed by atoms with Crippen molar-refractivity contribution in [1.82, 2.24) is 0 Å². The third kappa shape index (κ3) is 4.22. The first-order chi connectivity index (χ1) is 15.0. The Hall–Kier alpha value is -3.09. The Kier molecular flexibility index (Phi) is 6.11. The SMILES string of the molecule is COc1ccc(C2=C(SCc3ccccc3)C(=O)N(c3ccc(F)c(Cl)c3)C2=O)cc1. The van der Waals surface area contributed by atoms with Crippen molar-refractivity contribution in [3.05, 3.63) is 99.7 Å². The van der Waals surface area contributed by atoms with Crippen LogP contribution in [-0.2, 0) is 15.3 Å². The molecule has 0 N–H and O–H groups in total. The molecule has 3 aromatic carbocycles. The molecular formula is C24H17ClFNO3S. The van der Waals surface area contributed by atoms with Crippen LogP contribution in [0.2, 0.25) is 5.02 Å². The number of thioether (sulfide) groups is 1. The van der Waals surface area contributed by atoms with E-state index in [1.54, 1.807) is 31.4 Å². The van der Waals surface area contributed by atoms with Gasteiger partial charge in [-0.3, -0.25) is 9.59 Å².